The molecule has 0 fully saturated rings. The monoisotopic (exact) mass is 440 g/mol. The number of fused-ring (bicyclic) bond motifs is 2. The van der Waals surface area contributed by atoms with Gasteiger partial charge in [-0.3, -0.25) is 4.79 Å². The molecule has 8 nitrogen and oxygen atoms in total. The number of hydrogen-bond acceptors (Lipinski definition) is 5. The number of nitrogens with one attached hydrogen (secondary N) is 1. The maximum atomic E-state index is 13.5. The Balaban J connectivity index is 1.60. The fourth-order valence-electron chi connectivity index (χ4n) is 4.03. The molecule has 1 aliphatic rings. The lowest BCUT2D eigenvalue weighted by molar-refractivity contribution is 0.0650. The van der Waals surface area contributed by atoms with Gasteiger partial charge in [0.1, 0.15) is 6.04 Å². The van der Waals surface area contributed by atoms with Gasteiger partial charge in [0.15, 0.2) is 0 Å². The average molecular weight is 440 g/mol. The number of pyridine rings is 1. The number of nitrogens with zero attached hydrogens (tertiary/aromatic N) is 5. The van der Waals surface area contributed by atoms with E-state index < -0.39 is 12.5 Å². The average Bonchev–Trinajstić information content (AvgIpc) is 3.50. The molecule has 0 aromatic carbocycles. The lowest BCUT2D eigenvalue weighted by atomic mass is 9.97. The van der Waals surface area contributed by atoms with Crippen LogP contribution in [-0.4, -0.2) is 41.9 Å². The lowest BCUT2D eigenvalue weighted by Gasteiger charge is -2.33. The summed E-state index contributed by atoms with van der Waals surface area (Å²) in [5.74, 6) is 0.234. The molecule has 4 aromatic rings. The Hall–Kier alpha value is -3.56. The summed E-state index contributed by atoms with van der Waals surface area (Å²) < 4.78 is 34.2. The van der Waals surface area contributed by atoms with Crippen molar-refractivity contribution in [3.63, 3.8) is 0 Å². The summed E-state index contributed by atoms with van der Waals surface area (Å²) in [6.45, 7) is 6.23. The highest BCUT2D eigenvalue weighted by Gasteiger charge is 2.38. The molecule has 166 valence electrons. The molecule has 0 saturated carbocycles. The van der Waals surface area contributed by atoms with Crippen LogP contribution in [0, 0.1) is 0 Å². The molecule has 5 heterocycles. The molecule has 5 rings (SSSR count). The molecule has 4 aromatic heterocycles. The highest BCUT2D eigenvalue weighted by molar-refractivity contribution is 5.92. The van der Waals surface area contributed by atoms with Crippen LogP contribution in [0.3, 0.4) is 0 Å². The summed E-state index contributed by atoms with van der Waals surface area (Å²) in [5.41, 5.74) is 1.81. The number of amides is 1. The third-order valence-corrected chi connectivity index (χ3v) is 5.61. The standard InChI is InChI=1S/C22H22F2N6O2/c1-22(2,3)21-25-10-16(32-21)20(31)29-8-6-13-17(27-11-26-13)18(29)14-9-15-12(19(23)24)5-4-7-30(15)28-14/h4-5,7,9-11,18-19H,6,8H2,1-3H3,(H,26,27)/t18-/m1/s1. The molecule has 0 bridgehead atoms. The molecule has 1 atom stereocenters. The van der Waals surface area contributed by atoms with Crippen molar-refractivity contribution in [3.05, 3.63) is 71.2 Å². The molecule has 1 amide bonds. The van der Waals surface area contributed by atoms with E-state index in [0.717, 1.165) is 5.69 Å². The molecular weight excluding hydrogens is 418 g/mol. The molecule has 32 heavy (non-hydrogen) atoms. The van der Waals surface area contributed by atoms with Crippen LogP contribution < -0.4 is 0 Å². The molecule has 0 spiro atoms. The molecular formula is C22H22F2N6O2. The number of oxazole rings is 1. The van der Waals surface area contributed by atoms with Gasteiger partial charge in [-0.15, -0.1) is 0 Å². The van der Waals surface area contributed by atoms with E-state index in [9.17, 15) is 13.6 Å². The molecule has 0 radical (unpaired) electrons. The number of carbonyl (C=O) groups is 1. The molecule has 0 aliphatic carbocycles. The first-order valence-corrected chi connectivity index (χ1v) is 10.3. The molecule has 0 unspecified atom stereocenters. The molecule has 1 aliphatic heterocycles. The minimum Gasteiger partial charge on any atom is -0.435 e. The number of aromatic nitrogens is 5. The SMILES string of the molecule is CC(C)(C)c1ncc(C(=O)N2CCc3[nH]cnc3[C@H]2c2cc3c(C(F)F)cccn3n2)o1. The predicted octanol–water partition coefficient (Wildman–Crippen LogP) is 4.07. The maximum absolute atomic E-state index is 13.5. The second-order valence-electron chi connectivity index (χ2n) is 8.86. The van der Waals surface area contributed by atoms with Gasteiger partial charge in [-0.05, 0) is 18.2 Å². The van der Waals surface area contributed by atoms with E-state index in [-0.39, 0.29) is 22.6 Å². The van der Waals surface area contributed by atoms with Gasteiger partial charge < -0.3 is 14.3 Å². The zero-order valence-corrected chi connectivity index (χ0v) is 17.8. The van der Waals surface area contributed by atoms with Crippen LogP contribution in [0.1, 0.15) is 72.3 Å². The van der Waals surface area contributed by atoms with E-state index in [1.54, 1.807) is 23.5 Å². The van der Waals surface area contributed by atoms with Crippen molar-refractivity contribution in [2.24, 2.45) is 0 Å². The summed E-state index contributed by atoms with van der Waals surface area (Å²) >= 11 is 0. The van der Waals surface area contributed by atoms with Crippen LogP contribution in [0.15, 0.2) is 41.3 Å². The number of halogens is 2. The summed E-state index contributed by atoms with van der Waals surface area (Å²) in [7, 11) is 0. The van der Waals surface area contributed by atoms with Crippen molar-refractivity contribution in [3.8, 4) is 0 Å². The Labute approximate surface area is 182 Å². The molecule has 0 saturated heterocycles. The summed E-state index contributed by atoms with van der Waals surface area (Å²) in [4.78, 5) is 26.8. The van der Waals surface area contributed by atoms with Gasteiger partial charge in [0.2, 0.25) is 11.7 Å². The van der Waals surface area contributed by atoms with E-state index in [0.29, 0.717) is 35.8 Å². The van der Waals surface area contributed by atoms with Gasteiger partial charge in [0.05, 0.1) is 29.4 Å². The van der Waals surface area contributed by atoms with Crippen molar-refractivity contribution in [1.82, 2.24) is 29.5 Å². The lowest BCUT2D eigenvalue weighted by Crippen LogP contribution is -2.40. The maximum Gasteiger partial charge on any atom is 0.292 e. The van der Waals surface area contributed by atoms with Gasteiger partial charge in [-0.25, -0.2) is 23.3 Å². The van der Waals surface area contributed by atoms with E-state index in [1.165, 1.54) is 22.8 Å². The molecule has 1 N–H and O–H groups in total. The fraction of sp³-hybridized carbons (Fsp3) is 0.364. The van der Waals surface area contributed by atoms with Crippen molar-refractivity contribution < 1.29 is 18.0 Å². The van der Waals surface area contributed by atoms with E-state index >= 15 is 0 Å². The van der Waals surface area contributed by atoms with Crippen molar-refractivity contribution >= 4 is 11.4 Å². The predicted molar refractivity (Wildman–Crippen MR) is 111 cm³/mol. The zero-order chi connectivity index (χ0) is 22.6. The summed E-state index contributed by atoms with van der Waals surface area (Å²) in [5, 5.41) is 4.52. The number of rotatable bonds is 3. The number of H-pyrrole nitrogens is 1. The summed E-state index contributed by atoms with van der Waals surface area (Å²) in [6.07, 6.45) is 2.54. The first kappa shape index (κ1) is 20.3. The quantitative estimate of drug-likeness (QED) is 0.519. The number of imidazole rings is 1. The van der Waals surface area contributed by atoms with Gasteiger partial charge >= 0.3 is 0 Å². The van der Waals surface area contributed by atoms with E-state index in [4.69, 9.17) is 4.42 Å². The van der Waals surface area contributed by atoms with Crippen LogP contribution in [0.25, 0.3) is 5.52 Å². The van der Waals surface area contributed by atoms with Crippen LogP contribution in [-0.2, 0) is 11.8 Å². The topological polar surface area (TPSA) is 92.3 Å². The Kier molecular flexibility index (Phi) is 4.61. The second kappa shape index (κ2) is 7.25. The number of alkyl halides is 2. The minimum absolute atomic E-state index is 0.118. The molecule has 10 heteroatoms. The summed E-state index contributed by atoms with van der Waals surface area (Å²) in [6, 6.07) is 3.85. The highest BCUT2D eigenvalue weighted by atomic mass is 19.3. The van der Waals surface area contributed by atoms with E-state index in [2.05, 4.69) is 20.1 Å². The van der Waals surface area contributed by atoms with Gasteiger partial charge in [-0.1, -0.05) is 20.8 Å². The Morgan fingerprint density at radius 1 is 1.31 bits per heavy atom. The Bertz CT molecular complexity index is 1300. The largest absolute Gasteiger partial charge is 0.435 e. The zero-order valence-electron chi connectivity index (χ0n) is 17.8. The van der Waals surface area contributed by atoms with Gasteiger partial charge in [-0.2, -0.15) is 5.10 Å². The Morgan fingerprint density at radius 2 is 2.12 bits per heavy atom. The number of hydrogen-bond donors (Lipinski definition) is 1. The van der Waals surface area contributed by atoms with Crippen molar-refractivity contribution in [1.29, 1.82) is 0 Å². The van der Waals surface area contributed by atoms with E-state index in [1.807, 2.05) is 20.8 Å². The second-order valence-corrected chi connectivity index (χ2v) is 8.86. The number of aromatic amines is 1. The Morgan fingerprint density at radius 3 is 2.84 bits per heavy atom. The van der Waals surface area contributed by atoms with Gasteiger partial charge in [0.25, 0.3) is 12.3 Å². The first-order valence-electron chi connectivity index (χ1n) is 10.3. The van der Waals surface area contributed by atoms with Crippen LogP contribution in [0.4, 0.5) is 8.78 Å². The first-order chi connectivity index (χ1) is 15.2. The highest BCUT2D eigenvalue weighted by Crippen LogP contribution is 2.36. The smallest absolute Gasteiger partial charge is 0.292 e. The minimum atomic E-state index is -2.64. The van der Waals surface area contributed by atoms with Crippen molar-refractivity contribution in [2.75, 3.05) is 6.54 Å². The third-order valence-electron chi connectivity index (χ3n) is 5.61. The number of carbonyl (C=O) groups excluding carboxylic acids is 1. The van der Waals surface area contributed by atoms with Crippen molar-refractivity contribution in [2.45, 2.75) is 45.1 Å². The fourth-order valence-corrected chi connectivity index (χ4v) is 4.03. The normalized spacial score (nSPS) is 16.7. The van der Waals surface area contributed by atoms with Crippen LogP contribution >= 0.6 is 0 Å². The van der Waals surface area contributed by atoms with Gasteiger partial charge in [0, 0.05) is 35.8 Å². The third kappa shape index (κ3) is 3.26. The van der Waals surface area contributed by atoms with Crippen LogP contribution in [0.5, 0.6) is 0 Å². The van der Waals surface area contributed by atoms with Crippen LogP contribution in [0.2, 0.25) is 0 Å².